The summed E-state index contributed by atoms with van der Waals surface area (Å²) in [5, 5.41) is 11.3. The second-order valence-corrected chi connectivity index (χ2v) is 9.11. The maximum atomic E-state index is 13.3. The Bertz CT molecular complexity index is 2040. The highest BCUT2D eigenvalue weighted by Crippen LogP contribution is 2.38. The minimum Gasteiger partial charge on any atom is -0.478 e. The lowest BCUT2D eigenvalue weighted by atomic mass is 9.97. The van der Waals surface area contributed by atoms with Gasteiger partial charge in [0.05, 0.1) is 44.6 Å². The SMILES string of the molecule is Cc1nc(-c2cccc(-n3cnc4ccccc4c3=O)c2C)c2c([nH]c3cc(C(=O)O)ccc32)c1C(N)=O. The molecule has 3 aromatic heterocycles. The minimum absolute atomic E-state index is 0.109. The van der Waals surface area contributed by atoms with E-state index in [9.17, 15) is 19.5 Å². The number of aromatic nitrogens is 4. The van der Waals surface area contributed by atoms with E-state index in [-0.39, 0.29) is 16.7 Å². The molecule has 0 aliphatic rings. The summed E-state index contributed by atoms with van der Waals surface area (Å²) < 4.78 is 1.51. The standard InChI is InChI=1S/C29H21N5O4/c1-14-17(7-5-9-22(14)34-13-31-20-8-4-3-6-19(20)28(34)36)25-24-18-11-10-16(29(37)38)12-21(18)33-26(24)23(27(30)35)15(2)32-25/h3-13,33H,1-2H3,(H2,30,35)(H,37,38). The minimum atomic E-state index is -1.06. The van der Waals surface area contributed by atoms with Crippen molar-refractivity contribution in [1.29, 1.82) is 0 Å². The molecule has 0 spiro atoms. The molecule has 3 aromatic carbocycles. The Balaban J connectivity index is 1.67. The number of carbonyl (C=O) groups excluding carboxylic acids is 1. The molecule has 0 aliphatic carbocycles. The molecule has 0 bridgehead atoms. The summed E-state index contributed by atoms with van der Waals surface area (Å²) in [4.78, 5) is 49.8. The number of benzene rings is 3. The monoisotopic (exact) mass is 503 g/mol. The summed E-state index contributed by atoms with van der Waals surface area (Å²) in [5.41, 5.74) is 10.7. The van der Waals surface area contributed by atoms with Crippen LogP contribution in [0.5, 0.6) is 0 Å². The third-order valence-corrected chi connectivity index (χ3v) is 6.91. The number of aryl methyl sites for hydroxylation is 1. The van der Waals surface area contributed by atoms with Crippen molar-refractivity contribution >= 4 is 44.6 Å². The molecule has 9 nitrogen and oxygen atoms in total. The first-order chi connectivity index (χ1) is 18.3. The molecule has 0 aliphatic heterocycles. The van der Waals surface area contributed by atoms with Crippen molar-refractivity contribution in [2.75, 3.05) is 0 Å². The van der Waals surface area contributed by atoms with Gasteiger partial charge in [-0.25, -0.2) is 9.78 Å². The fourth-order valence-corrected chi connectivity index (χ4v) is 5.10. The number of nitrogens with two attached hydrogens (primary N) is 1. The van der Waals surface area contributed by atoms with Crippen molar-refractivity contribution < 1.29 is 14.7 Å². The predicted molar refractivity (Wildman–Crippen MR) is 145 cm³/mol. The van der Waals surface area contributed by atoms with Gasteiger partial charge in [-0.05, 0) is 49.7 Å². The fraction of sp³-hybridized carbons (Fsp3) is 0.0690. The summed E-state index contributed by atoms with van der Waals surface area (Å²) in [6, 6.07) is 17.5. The Hall–Kier alpha value is -5.31. The predicted octanol–water partition coefficient (Wildman–Crippen LogP) is 4.50. The van der Waals surface area contributed by atoms with Gasteiger partial charge in [-0.2, -0.15) is 0 Å². The van der Waals surface area contributed by atoms with Crippen LogP contribution in [0, 0.1) is 13.8 Å². The van der Waals surface area contributed by atoms with Gasteiger partial charge in [0, 0.05) is 21.9 Å². The molecule has 186 valence electrons. The smallest absolute Gasteiger partial charge is 0.335 e. The number of aromatic amines is 1. The number of primary amides is 1. The zero-order chi connectivity index (χ0) is 26.7. The topological polar surface area (TPSA) is 144 Å². The van der Waals surface area contributed by atoms with Crippen molar-refractivity contribution in [1.82, 2.24) is 19.5 Å². The van der Waals surface area contributed by atoms with Crippen LogP contribution in [0.4, 0.5) is 0 Å². The molecule has 1 amide bonds. The number of carboxylic acid groups (broad SMARTS) is 1. The van der Waals surface area contributed by atoms with Crippen molar-refractivity contribution in [2.24, 2.45) is 5.73 Å². The van der Waals surface area contributed by atoms with E-state index < -0.39 is 11.9 Å². The Morgan fingerprint density at radius 1 is 1.00 bits per heavy atom. The second-order valence-electron chi connectivity index (χ2n) is 9.11. The molecular formula is C29H21N5O4. The number of carbonyl (C=O) groups is 2. The maximum Gasteiger partial charge on any atom is 0.335 e. The van der Waals surface area contributed by atoms with E-state index in [0.29, 0.717) is 49.8 Å². The van der Waals surface area contributed by atoms with Crippen LogP contribution in [0.3, 0.4) is 0 Å². The molecule has 6 aromatic rings. The fourth-order valence-electron chi connectivity index (χ4n) is 5.10. The normalized spacial score (nSPS) is 11.4. The number of amides is 1. The molecule has 0 saturated carbocycles. The van der Waals surface area contributed by atoms with Gasteiger partial charge in [-0.15, -0.1) is 0 Å². The van der Waals surface area contributed by atoms with Gasteiger partial charge in [0.25, 0.3) is 11.5 Å². The number of pyridine rings is 1. The lowest BCUT2D eigenvalue weighted by molar-refractivity contribution is 0.0696. The molecule has 0 unspecified atom stereocenters. The Kier molecular flexibility index (Phi) is 5.09. The van der Waals surface area contributed by atoms with E-state index >= 15 is 0 Å². The van der Waals surface area contributed by atoms with Crippen molar-refractivity contribution in [3.8, 4) is 16.9 Å². The zero-order valence-electron chi connectivity index (χ0n) is 20.4. The number of hydrogen-bond acceptors (Lipinski definition) is 5. The van der Waals surface area contributed by atoms with Crippen LogP contribution in [-0.4, -0.2) is 36.5 Å². The first kappa shape index (κ1) is 23.1. The number of rotatable bonds is 4. The average molecular weight is 504 g/mol. The molecule has 9 heteroatoms. The van der Waals surface area contributed by atoms with Crippen LogP contribution in [0.15, 0.2) is 71.8 Å². The van der Waals surface area contributed by atoms with Gasteiger partial charge in [0.1, 0.15) is 6.33 Å². The molecular weight excluding hydrogens is 482 g/mol. The summed E-state index contributed by atoms with van der Waals surface area (Å²) in [7, 11) is 0. The molecule has 0 fully saturated rings. The summed E-state index contributed by atoms with van der Waals surface area (Å²) in [6.07, 6.45) is 1.51. The zero-order valence-corrected chi connectivity index (χ0v) is 20.4. The molecule has 0 atom stereocenters. The number of hydrogen-bond donors (Lipinski definition) is 3. The van der Waals surface area contributed by atoms with Crippen LogP contribution < -0.4 is 11.3 Å². The van der Waals surface area contributed by atoms with Gasteiger partial charge < -0.3 is 15.8 Å². The highest BCUT2D eigenvalue weighted by molar-refractivity contribution is 6.20. The largest absolute Gasteiger partial charge is 0.478 e. The Morgan fingerprint density at radius 2 is 1.79 bits per heavy atom. The lowest BCUT2D eigenvalue weighted by Gasteiger charge is -2.15. The quantitative estimate of drug-likeness (QED) is 0.323. The van der Waals surface area contributed by atoms with Gasteiger partial charge in [0.2, 0.25) is 0 Å². The number of fused-ring (bicyclic) bond motifs is 4. The first-order valence-electron chi connectivity index (χ1n) is 11.8. The van der Waals surface area contributed by atoms with Gasteiger partial charge in [0.15, 0.2) is 0 Å². The highest BCUT2D eigenvalue weighted by atomic mass is 16.4. The number of carboxylic acids is 1. The van der Waals surface area contributed by atoms with Gasteiger partial charge in [-0.1, -0.05) is 30.3 Å². The average Bonchev–Trinajstić information content (AvgIpc) is 3.27. The van der Waals surface area contributed by atoms with E-state index in [1.165, 1.54) is 23.0 Å². The number of para-hydroxylation sites is 1. The van der Waals surface area contributed by atoms with Gasteiger partial charge in [-0.3, -0.25) is 19.1 Å². The molecule has 6 rings (SSSR count). The first-order valence-corrected chi connectivity index (χ1v) is 11.8. The molecule has 38 heavy (non-hydrogen) atoms. The third-order valence-electron chi connectivity index (χ3n) is 6.91. The maximum absolute atomic E-state index is 13.3. The van der Waals surface area contributed by atoms with Crippen LogP contribution in [0.25, 0.3) is 49.7 Å². The number of H-pyrrole nitrogens is 1. The van der Waals surface area contributed by atoms with Crippen LogP contribution in [0.2, 0.25) is 0 Å². The number of nitrogens with zero attached hydrogens (tertiary/aromatic N) is 3. The summed E-state index contributed by atoms with van der Waals surface area (Å²) in [6.45, 7) is 3.60. The Labute approximate surface area is 215 Å². The number of nitrogens with one attached hydrogen (secondary N) is 1. The molecule has 3 heterocycles. The third kappa shape index (κ3) is 3.36. The van der Waals surface area contributed by atoms with Gasteiger partial charge >= 0.3 is 5.97 Å². The Morgan fingerprint density at radius 3 is 2.55 bits per heavy atom. The van der Waals surface area contributed by atoms with Crippen molar-refractivity contribution in [2.45, 2.75) is 13.8 Å². The number of aromatic carboxylic acids is 1. The van der Waals surface area contributed by atoms with E-state index in [0.717, 1.165) is 11.1 Å². The van der Waals surface area contributed by atoms with Crippen LogP contribution >= 0.6 is 0 Å². The van der Waals surface area contributed by atoms with Crippen LogP contribution in [-0.2, 0) is 0 Å². The summed E-state index contributed by atoms with van der Waals surface area (Å²) >= 11 is 0. The lowest BCUT2D eigenvalue weighted by Crippen LogP contribution is -2.19. The highest BCUT2D eigenvalue weighted by Gasteiger charge is 2.23. The summed E-state index contributed by atoms with van der Waals surface area (Å²) in [5.74, 6) is -1.70. The van der Waals surface area contributed by atoms with Crippen LogP contribution in [0.1, 0.15) is 32.0 Å². The molecule has 0 radical (unpaired) electrons. The van der Waals surface area contributed by atoms with E-state index in [2.05, 4.69) is 9.97 Å². The van der Waals surface area contributed by atoms with E-state index in [4.69, 9.17) is 10.7 Å². The van der Waals surface area contributed by atoms with Crippen molar-refractivity contribution in [3.63, 3.8) is 0 Å². The van der Waals surface area contributed by atoms with Crippen molar-refractivity contribution in [3.05, 3.63) is 99.7 Å². The molecule has 4 N–H and O–H groups in total. The molecule has 0 saturated heterocycles. The van der Waals surface area contributed by atoms with E-state index in [1.807, 2.05) is 31.2 Å². The second kappa shape index (κ2) is 8.38. The van der Waals surface area contributed by atoms with E-state index in [1.54, 1.807) is 31.2 Å².